The van der Waals surface area contributed by atoms with Gasteiger partial charge in [-0.3, -0.25) is 4.79 Å². The number of rotatable bonds is 8. The molecule has 0 heterocycles. The number of aryl methyl sites for hydroxylation is 1. The molecule has 0 saturated heterocycles. The van der Waals surface area contributed by atoms with Crippen LogP contribution in [0.4, 0.5) is 0 Å². The molecule has 0 radical (unpaired) electrons. The largest absolute Gasteiger partial charge is 0.409 e. The molecule has 1 rings (SSSR count). The van der Waals surface area contributed by atoms with Gasteiger partial charge in [0.15, 0.2) is 0 Å². The van der Waals surface area contributed by atoms with Crippen molar-refractivity contribution >= 4 is 11.7 Å². The SMILES string of the molecule is Cc1ccc(C(=O)NCCNCCCC(N)=NO)cc1. The number of nitrogens with zero attached hydrogens (tertiary/aromatic N) is 1. The summed E-state index contributed by atoms with van der Waals surface area (Å²) in [6.45, 7) is 4.00. The molecule has 0 saturated carbocycles. The van der Waals surface area contributed by atoms with Gasteiger partial charge in [0.25, 0.3) is 5.91 Å². The number of amidine groups is 1. The lowest BCUT2D eigenvalue weighted by atomic mass is 10.1. The van der Waals surface area contributed by atoms with E-state index in [4.69, 9.17) is 10.9 Å². The van der Waals surface area contributed by atoms with Crippen LogP contribution in [0.3, 0.4) is 0 Å². The molecular formula is C14H22N4O2. The molecule has 6 heteroatoms. The number of nitrogens with two attached hydrogens (primary N) is 1. The van der Waals surface area contributed by atoms with Crippen LogP contribution in [0, 0.1) is 6.92 Å². The fourth-order valence-electron chi connectivity index (χ4n) is 1.64. The van der Waals surface area contributed by atoms with Crippen LogP contribution in [0.5, 0.6) is 0 Å². The van der Waals surface area contributed by atoms with Crippen molar-refractivity contribution in [1.82, 2.24) is 10.6 Å². The predicted octanol–water partition coefficient (Wildman–Crippen LogP) is 0.841. The highest BCUT2D eigenvalue weighted by Crippen LogP contribution is 2.02. The van der Waals surface area contributed by atoms with Crippen LogP contribution < -0.4 is 16.4 Å². The van der Waals surface area contributed by atoms with E-state index in [1.807, 2.05) is 31.2 Å². The van der Waals surface area contributed by atoms with Crippen molar-refractivity contribution in [3.05, 3.63) is 35.4 Å². The van der Waals surface area contributed by atoms with Crippen molar-refractivity contribution in [3.8, 4) is 0 Å². The van der Waals surface area contributed by atoms with Crippen LogP contribution in [0.15, 0.2) is 29.4 Å². The second-order valence-corrected chi connectivity index (χ2v) is 4.57. The van der Waals surface area contributed by atoms with Gasteiger partial charge in [0.1, 0.15) is 5.84 Å². The first-order valence-corrected chi connectivity index (χ1v) is 6.65. The Balaban J connectivity index is 2.09. The van der Waals surface area contributed by atoms with Crippen LogP contribution in [-0.2, 0) is 0 Å². The highest BCUT2D eigenvalue weighted by Gasteiger charge is 2.03. The van der Waals surface area contributed by atoms with E-state index >= 15 is 0 Å². The first-order chi connectivity index (χ1) is 9.63. The minimum Gasteiger partial charge on any atom is -0.409 e. The molecule has 0 spiro atoms. The summed E-state index contributed by atoms with van der Waals surface area (Å²) < 4.78 is 0. The van der Waals surface area contributed by atoms with Crippen molar-refractivity contribution < 1.29 is 10.0 Å². The smallest absolute Gasteiger partial charge is 0.251 e. The van der Waals surface area contributed by atoms with Crippen LogP contribution in [-0.4, -0.2) is 36.6 Å². The zero-order valence-corrected chi connectivity index (χ0v) is 11.7. The molecular weight excluding hydrogens is 256 g/mol. The van der Waals surface area contributed by atoms with Crippen LogP contribution in [0.25, 0.3) is 0 Å². The van der Waals surface area contributed by atoms with Crippen molar-refractivity contribution in [2.75, 3.05) is 19.6 Å². The Kier molecular flexibility index (Phi) is 7.13. The van der Waals surface area contributed by atoms with E-state index in [2.05, 4.69) is 15.8 Å². The minimum atomic E-state index is -0.0662. The van der Waals surface area contributed by atoms with E-state index in [0.29, 0.717) is 25.1 Å². The van der Waals surface area contributed by atoms with Crippen molar-refractivity contribution in [3.63, 3.8) is 0 Å². The molecule has 0 atom stereocenters. The number of nitrogens with one attached hydrogen (secondary N) is 2. The van der Waals surface area contributed by atoms with Gasteiger partial charge in [0.2, 0.25) is 0 Å². The van der Waals surface area contributed by atoms with E-state index in [1.54, 1.807) is 0 Å². The molecule has 0 unspecified atom stereocenters. The number of oxime groups is 1. The maximum absolute atomic E-state index is 11.8. The van der Waals surface area contributed by atoms with E-state index in [-0.39, 0.29) is 11.7 Å². The van der Waals surface area contributed by atoms with Crippen LogP contribution in [0.1, 0.15) is 28.8 Å². The standard InChI is InChI=1S/C14H22N4O2/c1-11-4-6-12(7-5-11)14(19)17-10-9-16-8-2-3-13(15)18-20/h4-7,16,20H,2-3,8-10H2,1H3,(H2,15,18)(H,17,19). The van der Waals surface area contributed by atoms with Crippen LogP contribution in [0.2, 0.25) is 0 Å². The Bertz CT molecular complexity index is 443. The summed E-state index contributed by atoms with van der Waals surface area (Å²) in [6, 6.07) is 7.46. The molecule has 0 bridgehead atoms. The van der Waals surface area contributed by atoms with Gasteiger partial charge in [-0.1, -0.05) is 22.9 Å². The first kappa shape index (κ1) is 16.0. The summed E-state index contributed by atoms with van der Waals surface area (Å²) in [5.41, 5.74) is 7.15. The highest BCUT2D eigenvalue weighted by molar-refractivity contribution is 5.94. The zero-order chi connectivity index (χ0) is 14.8. The van der Waals surface area contributed by atoms with E-state index in [1.165, 1.54) is 0 Å². The lowest BCUT2D eigenvalue weighted by Gasteiger charge is -2.07. The number of amides is 1. The second-order valence-electron chi connectivity index (χ2n) is 4.57. The first-order valence-electron chi connectivity index (χ1n) is 6.65. The quantitative estimate of drug-likeness (QED) is 0.186. The average Bonchev–Trinajstić information content (AvgIpc) is 2.46. The molecule has 110 valence electrons. The molecule has 5 N–H and O–H groups in total. The Morgan fingerprint density at radius 1 is 1.25 bits per heavy atom. The highest BCUT2D eigenvalue weighted by atomic mass is 16.4. The van der Waals surface area contributed by atoms with Gasteiger partial charge < -0.3 is 21.6 Å². The Morgan fingerprint density at radius 3 is 2.60 bits per heavy atom. The molecule has 0 aromatic heterocycles. The van der Waals surface area contributed by atoms with Gasteiger partial charge in [-0.15, -0.1) is 0 Å². The summed E-state index contributed by atoms with van der Waals surface area (Å²) in [7, 11) is 0. The molecule has 1 aromatic rings. The summed E-state index contributed by atoms with van der Waals surface area (Å²) >= 11 is 0. The Hall–Kier alpha value is -2.08. The summed E-state index contributed by atoms with van der Waals surface area (Å²) in [4.78, 5) is 11.8. The molecule has 20 heavy (non-hydrogen) atoms. The number of carbonyl (C=O) groups excluding carboxylic acids is 1. The Labute approximate surface area is 119 Å². The predicted molar refractivity (Wildman–Crippen MR) is 79.0 cm³/mol. The molecule has 1 amide bonds. The maximum Gasteiger partial charge on any atom is 0.251 e. The van der Waals surface area contributed by atoms with Crippen LogP contribution >= 0.6 is 0 Å². The van der Waals surface area contributed by atoms with Gasteiger partial charge >= 0.3 is 0 Å². The maximum atomic E-state index is 11.8. The molecule has 1 aromatic carbocycles. The van der Waals surface area contributed by atoms with E-state index in [0.717, 1.165) is 18.5 Å². The summed E-state index contributed by atoms with van der Waals surface area (Å²) in [6.07, 6.45) is 1.35. The average molecular weight is 278 g/mol. The zero-order valence-electron chi connectivity index (χ0n) is 11.7. The van der Waals surface area contributed by atoms with Gasteiger partial charge in [-0.05, 0) is 32.0 Å². The molecule has 0 aliphatic heterocycles. The molecule has 0 fully saturated rings. The number of hydrogen-bond acceptors (Lipinski definition) is 4. The van der Waals surface area contributed by atoms with Gasteiger partial charge in [-0.2, -0.15) is 0 Å². The summed E-state index contributed by atoms with van der Waals surface area (Å²) in [5, 5.41) is 17.3. The third kappa shape index (κ3) is 6.19. The topological polar surface area (TPSA) is 99.7 Å². The van der Waals surface area contributed by atoms with Crippen molar-refractivity contribution in [1.29, 1.82) is 0 Å². The monoisotopic (exact) mass is 278 g/mol. The number of carbonyl (C=O) groups is 1. The minimum absolute atomic E-state index is 0.0662. The third-order valence-corrected chi connectivity index (χ3v) is 2.82. The van der Waals surface area contributed by atoms with E-state index in [9.17, 15) is 4.79 Å². The van der Waals surface area contributed by atoms with Gasteiger partial charge in [-0.25, -0.2) is 0 Å². The fraction of sp³-hybridized carbons (Fsp3) is 0.429. The fourth-order valence-corrected chi connectivity index (χ4v) is 1.64. The molecule has 0 aliphatic rings. The molecule has 0 aliphatic carbocycles. The third-order valence-electron chi connectivity index (χ3n) is 2.82. The number of benzene rings is 1. The Morgan fingerprint density at radius 2 is 1.95 bits per heavy atom. The lowest BCUT2D eigenvalue weighted by Crippen LogP contribution is -2.32. The van der Waals surface area contributed by atoms with Crippen molar-refractivity contribution in [2.24, 2.45) is 10.9 Å². The lowest BCUT2D eigenvalue weighted by molar-refractivity contribution is 0.0954. The normalized spacial score (nSPS) is 11.3. The van der Waals surface area contributed by atoms with Crippen molar-refractivity contribution in [2.45, 2.75) is 19.8 Å². The summed E-state index contributed by atoms with van der Waals surface area (Å²) in [5.74, 6) is 0.169. The number of hydrogen-bond donors (Lipinski definition) is 4. The van der Waals surface area contributed by atoms with E-state index < -0.39 is 0 Å². The molecule has 6 nitrogen and oxygen atoms in total. The second kappa shape index (κ2) is 8.92. The van der Waals surface area contributed by atoms with Gasteiger partial charge in [0.05, 0.1) is 0 Å². The van der Waals surface area contributed by atoms with Gasteiger partial charge in [0, 0.05) is 25.1 Å².